The maximum atomic E-state index is 6.36. The summed E-state index contributed by atoms with van der Waals surface area (Å²) in [6, 6.07) is 17.8. The van der Waals surface area contributed by atoms with Gasteiger partial charge in [0.15, 0.2) is 17.6 Å². The molecule has 2 aromatic carbocycles. The molecule has 3 rings (SSSR count). The molecule has 4 nitrogen and oxygen atoms in total. The van der Waals surface area contributed by atoms with Crippen LogP contribution in [0.15, 0.2) is 54.6 Å². The molecule has 130 valence electrons. The monoisotopic (exact) mass is 337 g/mol. The van der Waals surface area contributed by atoms with Gasteiger partial charge in [0.25, 0.3) is 0 Å². The molecule has 0 N–H and O–H groups in total. The Hall–Kier alpha value is -2.48. The average Bonchev–Trinajstić information content (AvgIpc) is 2.67. The third-order valence-corrected chi connectivity index (χ3v) is 4.28. The van der Waals surface area contributed by atoms with Gasteiger partial charge in [0.1, 0.15) is 6.10 Å². The van der Waals surface area contributed by atoms with Gasteiger partial charge in [-0.1, -0.05) is 48.4 Å². The van der Waals surface area contributed by atoms with E-state index in [2.05, 4.69) is 23.0 Å². The maximum Gasteiger partial charge on any atom is 0.162 e. The number of methoxy groups -OCH3 is 1. The molecule has 0 aromatic heterocycles. The van der Waals surface area contributed by atoms with Gasteiger partial charge in [0.2, 0.25) is 0 Å². The zero-order chi connectivity index (χ0) is 17.5. The van der Waals surface area contributed by atoms with Gasteiger partial charge in [-0.25, -0.2) is 0 Å². The van der Waals surface area contributed by atoms with Crippen LogP contribution in [0.4, 0.5) is 0 Å². The van der Waals surface area contributed by atoms with E-state index in [1.54, 1.807) is 7.11 Å². The van der Waals surface area contributed by atoms with Crippen LogP contribution in [0.25, 0.3) is 0 Å². The highest BCUT2D eigenvalue weighted by Crippen LogP contribution is 2.33. The molecule has 1 aliphatic heterocycles. The second-order valence-corrected chi connectivity index (χ2v) is 5.95. The Balaban J connectivity index is 1.87. The van der Waals surface area contributed by atoms with Crippen molar-refractivity contribution in [3.05, 3.63) is 60.2 Å². The molecule has 1 saturated heterocycles. The minimum Gasteiger partial charge on any atom is -0.493 e. The topological polar surface area (TPSA) is 30.9 Å². The van der Waals surface area contributed by atoms with E-state index in [0.717, 1.165) is 18.7 Å². The third-order valence-electron chi connectivity index (χ3n) is 4.28. The maximum absolute atomic E-state index is 6.36. The summed E-state index contributed by atoms with van der Waals surface area (Å²) in [7, 11) is 1.64. The van der Waals surface area contributed by atoms with E-state index in [9.17, 15) is 0 Å². The summed E-state index contributed by atoms with van der Waals surface area (Å²) in [5, 5.41) is 0. The molecule has 0 amide bonds. The first-order valence-electron chi connectivity index (χ1n) is 8.44. The molecular formula is C21H23NO3. The highest BCUT2D eigenvalue weighted by atomic mass is 16.6. The normalized spacial score (nSPS) is 19.0. The van der Waals surface area contributed by atoms with Crippen molar-refractivity contribution in [1.29, 1.82) is 0 Å². The van der Waals surface area contributed by atoms with Gasteiger partial charge in [-0.05, 0) is 17.7 Å². The Morgan fingerprint density at radius 3 is 2.60 bits per heavy atom. The number of para-hydroxylation sites is 2. The van der Waals surface area contributed by atoms with Crippen molar-refractivity contribution in [1.82, 2.24) is 4.90 Å². The van der Waals surface area contributed by atoms with E-state index >= 15 is 0 Å². The predicted octanol–water partition coefficient (Wildman–Crippen LogP) is 3.15. The molecule has 0 spiro atoms. The summed E-state index contributed by atoms with van der Waals surface area (Å²) in [6.45, 7) is 2.84. The van der Waals surface area contributed by atoms with E-state index in [0.29, 0.717) is 24.7 Å². The van der Waals surface area contributed by atoms with Gasteiger partial charge in [0.05, 0.1) is 20.3 Å². The van der Waals surface area contributed by atoms with Crippen molar-refractivity contribution >= 4 is 0 Å². The fourth-order valence-electron chi connectivity index (χ4n) is 3.04. The van der Waals surface area contributed by atoms with Crippen LogP contribution < -0.4 is 9.47 Å². The highest BCUT2D eigenvalue weighted by Gasteiger charge is 2.31. The van der Waals surface area contributed by atoms with Crippen LogP contribution in [0.5, 0.6) is 11.5 Å². The molecule has 4 heteroatoms. The Labute approximate surface area is 149 Å². The van der Waals surface area contributed by atoms with E-state index in [1.165, 1.54) is 0 Å². The smallest absolute Gasteiger partial charge is 0.162 e. The lowest BCUT2D eigenvalue weighted by Gasteiger charge is -2.36. The molecule has 0 bridgehead atoms. The van der Waals surface area contributed by atoms with E-state index in [1.807, 2.05) is 42.5 Å². The predicted molar refractivity (Wildman–Crippen MR) is 97.8 cm³/mol. The van der Waals surface area contributed by atoms with Gasteiger partial charge in [0, 0.05) is 13.1 Å². The fourth-order valence-corrected chi connectivity index (χ4v) is 3.04. The Morgan fingerprint density at radius 2 is 1.88 bits per heavy atom. The number of ether oxygens (including phenoxy) is 3. The minimum atomic E-state index is -0.238. The zero-order valence-corrected chi connectivity index (χ0v) is 14.4. The number of benzene rings is 2. The summed E-state index contributed by atoms with van der Waals surface area (Å²) in [4.78, 5) is 2.22. The molecule has 2 unspecified atom stereocenters. The average molecular weight is 337 g/mol. The van der Waals surface area contributed by atoms with Gasteiger partial charge >= 0.3 is 0 Å². The van der Waals surface area contributed by atoms with Gasteiger partial charge in [-0.2, -0.15) is 0 Å². The molecule has 1 aliphatic rings. The van der Waals surface area contributed by atoms with Gasteiger partial charge < -0.3 is 14.2 Å². The number of hydrogen-bond acceptors (Lipinski definition) is 4. The standard InChI is InChI=1S/C21H23NO3/c1-3-13-22-14-15-24-20(16-22)21(17-9-5-4-6-10-17)25-19-12-8-7-11-18(19)23-2/h1,4-12,20-21H,13-16H2,2H3. The lowest BCUT2D eigenvalue weighted by Crippen LogP contribution is -2.46. The molecule has 0 saturated carbocycles. The van der Waals surface area contributed by atoms with E-state index in [4.69, 9.17) is 20.6 Å². The Bertz CT molecular complexity index is 711. The van der Waals surface area contributed by atoms with Crippen LogP contribution >= 0.6 is 0 Å². The number of terminal acetylenes is 1. The molecule has 0 radical (unpaired) electrons. The molecule has 1 heterocycles. The van der Waals surface area contributed by atoms with Gasteiger partial charge in [-0.15, -0.1) is 6.42 Å². The van der Waals surface area contributed by atoms with Crippen molar-refractivity contribution in [2.24, 2.45) is 0 Å². The molecule has 2 aromatic rings. The lowest BCUT2D eigenvalue weighted by atomic mass is 10.0. The molecule has 0 aliphatic carbocycles. The SMILES string of the molecule is C#CCN1CCOC(C(Oc2ccccc2OC)c2ccccc2)C1. The Morgan fingerprint density at radius 1 is 1.16 bits per heavy atom. The zero-order valence-electron chi connectivity index (χ0n) is 14.4. The van der Waals surface area contributed by atoms with Crippen LogP contribution in [0.1, 0.15) is 11.7 Å². The Kier molecular flexibility index (Phi) is 5.95. The summed E-state index contributed by atoms with van der Waals surface area (Å²) in [6.07, 6.45) is 5.13. The third kappa shape index (κ3) is 4.33. The second-order valence-electron chi connectivity index (χ2n) is 5.95. The summed E-state index contributed by atoms with van der Waals surface area (Å²) in [5.74, 6) is 4.13. The first-order chi connectivity index (χ1) is 12.3. The van der Waals surface area contributed by atoms with Gasteiger partial charge in [-0.3, -0.25) is 4.90 Å². The number of nitrogens with zero attached hydrogens (tertiary/aromatic N) is 1. The fraction of sp³-hybridized carbons (Fsp3) is 0.333. The highest BCUT2D eigenvalue weighted by molar-refractivity contribution is 5.40. The number of hydrogen-bond donors (Lipinski definition) is 0. The molecule has 25 heavy (non-hydrogen) atoms. The van der Waals surface area contributed by atoms with E-state index < -0.39 is 0 Å². The second kappa shape index (κ2) is 8.57. The first kappa shape index (κ1) is 17.3. The van der Waals surface area contributed by atoms with Crippen LogP contribution in [0.3, 0.4) is 0 Å². The quantitative estimate of drug-likeness (QED) is 0.758. The van der Waals surface area contributed by atoms with Crippen LogP contribution in [0, 0.1) is 12.3 Å². The van der Waals surface area contributed by atoms with Crippen molar-refractivity contribution in [2.75, 3.05) is 33.4 Å². The van der Waals surface area contributed by atoms with Crippen molar-refractivity contribution < 1.29 is 14.2 Å². The van der Waals surface area contributed by atoms with Crippen LogP contribution in [-0.2, 0) is 4.74 Å². The van der Waals surface area contributed by atoms with Crippen molar-refractivity contribution in [3.63, 3.8) is 0 Å². The molecular weight excluding hydrogens is 314 g/mol. The first-order valence-corrected chi connectivity index (χ1v) is 8.44. The van der Waals surface area contributed by atoms with E-state index in [-0.39, 0.29) is 12.2 Å². The summed E-state index contributed by atoms with van der Waals surface area (Å²) >= 11 is 0. The van der Waals surface area contributed by atoms with Crippen LogP contribution in [0.2, 0.25) is 0 Å². The van der Waals surface area contributed by atoms with Crippen molar-refractivity contribution in [2.45, 2.75) is 12.2 Å². The summed E-state index contributed by atoms with van der Waals surface area (Å²) < 4.78 is 17.8. The molecule has 1 fully saturated rings. The largest absolute Gasteiger partial charge is 0.493 e. The molecule has 2 atom stereocenters. The summed E-state index contributed by atoms with van der Waals surface area (Å²) in [5.41, 5.74) is 1.07. The number of morpholine rings is 1. The van der Waals surface area contributed by atoms with Crippen LogP contribution in [-0.4, -0.2) is 44.4 Å². The number of rotatable bonds is 6. The van der Waals surface area contributed by atoms with Crippen molar-refractivity contribution in [3.8, 4) is 23.8 Å². The lowest BCUT2D eigenvalue weighted by molar-refractivity contribution is -0.0793. The minimum absolute atomic E-state index is 0.102.